The summed E-state index contributed by atoms with van der Waals surface area (Å²) in [7, 11) is 3.43. The van der Waals surface area contributed by atoms with Gasteiger partial charge in [-0.1, -0.05) is 19.9 Å². The average molecular weight is 358 g/mol. The van der Waals surface area contributed by atoms with Gasteiger partial charge in [-0.3, -0.25) is 0 Å². The number of methoxy groups -OCH3 is 2. The van der Waals surface area contributed by atoms with Crippen LogP contribution in [0.15, 0.2) is 22.7 Å². The van der Waals surface area contributed by atoms with E-state index in [-0.39, 0.29) is 0 Å². The molecule has 1 rings (SSSR count). The average Bonchev–Trinajstić information content (AvgIpc) is 2.45. The standard InChI is InChI=1S/C17H28BrNO2/c1-17(2,9-10-19-11-12-20-3)8-7-14-5-6-16(21-4)15(18)13-14/h5-6,13,19H,7-12H2,1-4H3. The van der Waals surface area contributed by atoms with Gasteiger partial charge in [0, 0.05) is 13.7 Å². The fourth-order valence-corrected chi connectivity index (χ4v) is 2.79. The van der Waals surface area contributed by atoms with Crippen molar-refractivity contribution in [2.45, 2.75) is 33.1 Å². The Kier molecular flexibility index (Phi) is 8.30. The van der Waals surface area contributed by atoms with Crippen molar-refractivity contribution in [3.05, 3.63) is 28.2 Å². The van der Waals surface area contributed by atoms with E-state index in [0.29, 0.717) is 5.41 Å². The van der Waals surface area contributed by atoms with Crippen LogP contribution in [0.1, 0.15) is 32.3 Å². The Balaban J connectivity index is 2.36. The molecule has 0 unspecified atom stereocenters. The summed E-state index contributed by atoms with van der Waals surface area (Å²) in [6, 6.07) is 6.33. The number of halogens is 1. The zero-order valence-corrected chi connectivity index (χ0v) is 15.3. The second-order valence-electron chi connectivity index (χ2n) is 6.13. The van der Waals surface area contributed by atoms with E-state index < -0.39 is 0 Å². The van der Waals surface area contributed by atoms with Gasteiger partial charge in [-0.05, 0) is 64.8 Å². The molecule has 0 radical (unpaired) electrons. The molecule has 0 saturated heterocycles. The number of nitrogens with one attached hydrogen (secondary N) is 1. The second-order valence-corrected chi connectivity index (χ2v) is 6.98. The Morgan fingerprint density at radius 1 is 1.14 bits per heavy atom. The first-order chi connectivity index (χ1) is 9.98. The molecular formula is C17H28BrNO2. The van der Waals surface area contributed by atoms with E-state index in [1.54, 1.807) is 14.2 Å². The van der Waals surface area contributed by atoms with E-state index in [9.17, 15) is 0 Å². The van der Waals surface area contributed by atoms with E-state index >= 15 is 0 Å². The van der Waals surface area contributed by atoms with Crippen LogP contribution < -0.4 is 10.1 Å². The highest BCUT2D eigenvalue weighted by Gasteiger charge is 2.17. The molecule has 0 spiro atoms. The molecule has 1 N–H and O–H groups in total. The summed E-state index contributed by atoms with van der Waals surface area (Å²) in [5, 5.41) is 3.42. The van der Waals surface area contributed by atoms with Gasteiger partial charge < -0.3 is 14.8 Å². The van der Waals surface area contributed by atoms with Crippen LogP contribution in [-0.4, -0.2) is 33.9 Å². The SMILES string of the molecule is COCCNCCC(C)(C)CCc1ccc(OC)c(Br)c1. The van der Waals surface area contributed by atoms with E-state index in [0.717, 1.165) is 36.3 Å². The maximum Gasteiger partial charge on any atom is 0.133 e. The summed E-state index contributed by atoms with van der Waals surface area (Å²) in [5.41, 5.74) is 1.69. The molecule has 0 heterocycles. The molecule has 0 fully saturated rings. The molecule has 21 heavy (non-hydrogen) atoms. The van der Waals surface area contributed by atoms with E-state index in [4.69, 9.17) is 9.47 Å². The van der Waals surface area contributed by atoms with Crippen molar-refractivity contribution in [3.8, 4) is 5.75 Å². The van der Waals surface area contributed by atoms with Gasteiger partial charge in [-0.25, -0.2) is 0 Å². The normalized spacial score (nSPS) is 11.7. The Bertz CT molecular complexity index is 421. The van der Waals surface area contributed by atoms with Crippen molar-refractivity contribution < 1.29 is 9.47 Å². The lowest BCUT2D eigenvalue weighted by Crippen LogP contribution is -2.25. The smallest absolute Gasteiger partial charge is 0.133 e. The number of hydrogen-bond acceptors (Lipinski definition) is 3. The molecule has 0 aromatic heterocycles. The van der Waals surface area contributed by atoms with Crippen LogP contribution in [0.5, 0.6) is 5.75 Å². The van der Waals surface area contributed by atoms with Crippen molar-refractivity contribution in [2.24, 2.45) is 5.41 Å². The van der Waals surface area contributed by atoms with Crippen LogP contribution in [0.2, 0.25) is 0 Å². The minimum absolute atomic E-state index is 0.340. The maximum atomic E-state index is 5.27. The maximum absolute atomic E-state index is 5.27. The molecule has 0 amide bonds. The predicted molar refractivity (Wildman–Crippen MR) is 92.2 cm³/mol. The minimum Gasteiger partial charge on any atom is -0.496 e. The lowest BCUT2D eigenvalue weighted by molar-refractivity contribution is 0.197. The van der Waals surface area contributed by atoms with E-state index in [2.05, 4.69) is 47.2 Å². The van der Waals surface area contributed by atoms with Crippen LogP contribution in [0, 0.1) is 5.41 Å². The quantitative estimate of drug-likeness (QED) is 0.641. The van der Waals surface area contributed by atoms with Gasteiger partial charge in [0.15, 0.2) is 0 Å². The Morgan fingerprint density at radius 3 is 2.52 bits per heavy atom. The molecule has 1 aromatic carbocycles. The van der Waals surface area contributed by atoms with Crippen molar-refractivity contribution in [1.29, 1.82) is 0 Å². The van der Waals surface area contributed by atoms with E-state index in [1.165, 1.54) is 18.4 Å². The molecule has 0 aliphatic carbocycles. The van der Waals surface area contributed by atoms with Gasteiger partial charge in [0.1, 0.15) is 5.75 Å². The Labute approximate surface area is 137 Å². The highest BCUT2D eigenvalue weighted by atomic mass is 79.9. The van der Waals surface area contributed by atoms with Crippen molar-refractivity contribution in [1.82, 2.24) is 5.32 Å². The zero-order chi connectivity index (χ0) is 15.7. The topological polar surface area (TPSA) is 30.5 Å². The van der Waals surface area contributed by atoms with Crippen LogP contribution in [-0.2, 0) is 11.2 Å². The van der Waals surface area contributed by atoms with Gasteiger partial charge in [-0.2, -0.15) is 0 Å². The minimum atomic E-state index is 0.340. The highest BCUT2D eigenvalue weighted by molar-refractivity contribution is 9.10. The summed E-state index contributed by atoms with van der Waals surface area (Å²) < 4.78 is 11.3. The van der Waals surface area contributed by atoms with Gasteiger partial charge in [0.25, 0.3) is 0 Å². The Hall–Kier alpha value is -0.580. The first-order valence-corrected chi connectivity index (χ1v) is 8.30. The molecule has 0 bridgehead atoms. The van der Waals surface area contributed by atoms with Crippen LogP contribution in [0.4, 0.5) is 0 Å². The largest absolute Gasteiger partial charge is 0.496 e. The van der Waals surface area contributed by atoms with Gasteiger partial charge in [0.05, 0.1) is 18.2 Å². The summed E-state index contributed by atoms with van der Waals surface area (Å²) in [6.45, 7) is 7.42. The van der Waals surface area contributed by atoms with E-state index in [1.807, 2.05) is 6.07 Å². The summed E-state index contributed by atoms with van der Waals surface area (Å²) in [4.78, 5) is 0. The van der Waals surface area contributed by atoms with Gasteiger partial charge >= 0.3 is 0 Å². The summed E-state index contributed by atoms with van der Waals surface area (Å²) >= 11 is 3.55. The summed E-state index contributed by atoms with van der Waals surface area (Å²) in [5.74, 6) is 0.889. The number of ether oxygens (including phenoxy) is 2. The van der Waals surface area contributed by atoms with Crippen LogP contribution >= 0.6 is 15.9 Å². The lowest BCUT2D eigenvalue weighted by Gasteiger charge is -2.25. The van der Waals surface area contributed by atoms with Gasteiger partial charge in [-0.15, -0.1) is 0 Å². The van der Waals surface area contributed by atoms with Crippen LogP contribution in [0.25, 0.3) is 0 Å². The van der Waals surface area contributed by atoms with Crippen LogP contribution in [0.3, 0.4) is 0 Å². The number of benzene rings is 1. The third-order valence-electron chi connectivity index (χ3n) is 3.77. The molecule has 0 aliphatic rings. The van der Waals surface area contributed by atoms with Crippen molar-refractivity contribution in [3.63, 3.8) is 0 Å². The van der Waals surface area contributed by atoms with Crippen molar-refractivity contribution in [2.75, 3.05) is 33.9 Å². The third kappa shape index (κ3) is 7.30. The lowest BCUT2D eigenvalue weighted by atomic mass is 9.83. The number of rotatable bonds is 10. The molecule has 1 aromatic rings. The molecule has 0 saturated carbocycles. The molecule has 3 nitrogen and oxygen atoms in total. The first-order valence-electron chi connectivity index (χ1n) is 7.50. The summed E-state index contributed by atoms with van der Waals surface area (Å²) in [6.07, 6.45) is 3.44. The van der Waals surface area contributed by atoms with Gasteiger partial charge in [0.2, 0.25) is 0 Å². The number of aryl methyl sites for hydroxylation is 1. The Morgan fingerprint density at radius 2 is 1.90 bits per heavy atom. The molecule has 4 heteroatoms. The first kappa shape index (κ1) is 18.5. The zero-order valence-electron chi connectivity index (χ0n) is 13.7. The molecule has 0 atom stereocenters. The fourth-order valence-electron chi connectivity index (χ4n) is 2.20. The molecular weight excluding hydrogens is 330 g/mol. The predicted octanol–water partition coefficient (Wildman–Crippen LogP) is 4.04. The third-order valence-corrected chi connectivity index (χ3v) is 4.39. The fraction of sp³-hybridized carbons (Fsp3) is 0.647. The molecule has 0 aliphatic heterocycles. The number of hydrogen-bond donors (Lipinski definition) is 1. The second kappa shape index (κ2) is 9.44. The highest BCUT2D eigenvalue weighted by Crippen LogP contribution is 2.30. The van der Waals surface area contributed by atoms with Crippen molar-refractivity contribution >= 4 is 15.9 Å². The monoisotopic (exact) mass is 357 g/mol. The molecule has 120 valence electrons.